The Labute approximate surface area is 198 Å². The fourth-order valence-corrected chi connectivity index (χ4v) is 6.95. The lowest BCUT2D eigenvalue weighted by Crippen LogP contribution is -2.54. The maximum atomic E-state index is 14.2. The molecule has 0 N–H and O–H groups in total. The maximum Gasteiger partial charge on any atom is 0.274 e. The molecular formula is C26H24N2O5S. The van der Waals surface area contributed by atoms with Gasteiger partial charge in [0, 0.05) is 11.3 Å². The van der Waals surface area contributed by atoms with Crippen LogP contribution in [0.4, 0.5) is 11.4 Å². The summed E-state index contributed by atoms with van der Waals surface area (Å²) in [5.74, 6) is -1.46. The smallest absolute Gasteiger partial charge is 0.274 e. The molecule has 1 atom stereocenters. The Morgan fingerprint density at radius 2 is 1.68 bits per heavy atom. The molecule has 3 aromatic carbocycles. The van der Waals surface area contributed by atoms with Crippen LogP contribution < -0.4 is 14.5 Å². The van der Waals surface area contributed by atoms with Crippen LogP contribution in [0.25, 0.3) is 0 Å². The van der Waals surface area contributed by atoms with Crippen LogP contribution in [-0.2, 0) is 30.8 Å². The third-order valence-electron chi connectivity index (χ3n) is 6.59. The lowest BCUT2D eigenvalue weighted by molar-refractivity contribution is -0.123. The highest BCUT2D eigenvalue weighted by atomic mass is 32.2. The third-order valence-corrected chi connectivity index (χ3v) is 8.69. The molecule has 0 unspecified atom stereocenters. The van der Waals surface area contributed by atoms with Gasteiger partial charge in [-0.1, -0.05) is 42.0 Å². The molecule has 0 aromatic heterocycles. The van der Waals surface area contributed by atoms with Crippen molar-refractivity contribution in [3.05, 3.63) is 89.0 Å². The first-order chi connectivity index (χ1) is 16.2. The second-order valence-electron chi connectivity index (χ2n) is 8.67. The van der Waals surface area contributed by atoms with Gasteiger partial charge >= 0.3 is 0 Å². The Morgan fingerprint density at radius 1 is 0.971 bits per heavy atom. The van der Waals surface area contributed by atoms with Gasteiger partial charge in [0.15, 0.2) is 9.84 Å². The summed E-state index contributed by atoms with van der Waals surface area (Å²) in [6, 6.07) is 19.3. The van der Waals surface area contributed by atoms with Crippen LogP contribution in [0.3, 0.4) is 0 Å². The minimum absolute atomic E-state index is 0.200. The summed E-state index contributed by atoms with van der Waals surface area (Å²) in [6.07, 6.45) is 0. The van der Waals surface area contributed by atoms with Crippen LogP contribution in [0.15, 0.2) is 66.7 Å². The molecule has 5 rings (SSSR count). The van der Waals surface area contributed by atoms with E-state index in [1.807, 2.05) is 32.0 Å². The summed E-state index contributed by atoms with van der Waals surface area (Å²) in [5, 5.41) is 0. The number of carbonyl (C=O) groups is 2. The lowest BCUT2D eigenvalue weighted by Gasteiger charge is -2.32. The fourth-order valence-electron chi connectivity index (χ4n) is 4.92. The number of amides is 2. The van der Waals surface area contributed by atoms with Gasteiger partial charge in [0.1, 0.15) is 11.5 Å². The zero-order chi connectivity index (χ0) is 24.3. The highest BCUT2D eigenvalue weighted by Gasteiger charge is 2.69. The van der Waals surface area contributed by atoms with E-state index in [9.17, 15) is 18.0 Å². The Balaban J connectivity index is 1.72. The number of ether oxygens (including phenoxy) is 1. The zero-order valence-corrected chi connectivity index (χ0v) is 19.9. The number of hydrogen-bond acceptors (Lipinski definition) is 5. The average Bonchev–Trinajstić information content (AvgIpc) is 3.19. The molecule has 2 amide bonds. The number of methoxy groups -OCH3 is 1. The number of benzene rings is 3. The van der Waals surface area contributed by atoms with Crippen LogP contribution in [0.1, 0.15) is 22.3 Å². The minimum atomic E-state index is -4.20. The molecule has 1 saturated heterocycles. The summed E-state index contributed by atoms with van der Waals surface area (Å²) < 4.78 is 32.5. The molecule has 2 aliphatic rings. The molecule has 2 aliphatic heterocycles. The van der Waals surface area contributed by atoms with Crippen LogP contribution in [0.2, 0.25) is 0 Å². The zero-order valence-electron chi connectivity index (χ0n) is 19.1. The second kappa shape index (κ2) is 7.70. The summed E-state index contributed by atoms with van der Waals surface area (Å²) in [6.45, 7) is 4.12. The highest BCUT2D eigenvalue weighted by molar-refractivity contribution is 7.94. The minimum Gasteiger partial charge on any atom is -0.497 e. The number of carbonyl (C=O) groups excluding carboxylic acids is 2. The number of nitrogens with zero attached hydrogens (tertiary/aromatic N) is 2. The molecule has 0 aliphatic carbocycles. The molecule has 0 bridgehead atoms. The van der Waals surface area contributed by atoms with Crippen LogP contribution in [-0.4, -0.2) is 33.1 Å². The first-order valence-corrected chi connectivity index (χ1v) is 12.5. The summed E-state index contributed by atoms with van der Waals surface area (Å²) in [5.41, 5.74) is 4.06. The number of aryl methyl sites for hydroxylation is 2. The Morgan fingerprint density at radius 3 is 2.38 bits per heavy atom. The van der Waals surface area contributed by atoms with E-state index >= 15 is 0 Å². The van der Waals surface area contributed by atoms with Crippen molar-refractivity contribution in [2.45, 2.75) is 25.3 Å². The van der Waals surface area contributed by atoms with Crippen molar-refractivity contribution in [3.63, 3.8) is 0 Å². The topological polar surface area (TPSA) is 84.0 Å². The quantitative estimate of drug-likeness (QED) is 0.576. The van der Waals surface area contributed by atoms with Gasteiger partial charge in [0.05, 0.1) is 19.3 Å². The normalized spacial score (nSPS) is 20.8. The molecule has 0 saturated carbocycles. The van der Waals surface area contributed by atoms with Crippen molar-refractivity contribution in [1.82, 2.24) is 0 Å². The number of sulfone groups is 1. The standard InChI is InChI=1S/C26H24N2O5S/c1-17-8-9-18(2)19(14-17)15-27-23-7-5-4-6-22(23)26(25(27)30)28(24(29)16-34(26,31)32)20-10-12-21(33-3)13-11-20/h4-14H,15-16H2,1-3H3/t26-/m1/s1. The van der Waals surface area contributed by atoms with E-state index < -0.39 is 32.3 Å². The van der Waals surface area contributed by atoms with Crippen LogP contribution >= 0.6 is 0 Å². The monoisotopic (exact) mass is 476 g/mol. The van der Waals surface area contributed by atoms with E-state index in [1.54, 1.807) is 48.5 Å². The first kappa shape index (κ1) is 22.2. The molecule has 34 heavy (non-hydrogen) atoms. The third kappa shape index (κ3) is 2.98. The Kier molecular flexibility index (Phi) is 5.02. The SMILES string of the molecule is COc1ccc(N2C(=O)CS(=O)(=O)[C@]23C(=O)N(Cc2cc(C)ccc2C)c2ccccc23)cc1. The van der Waals surface area contributed by atoms with E-state index in [2.05, 4.69) is 0 Å². The van der Waals surface area contributed by atoms with E-state index in [1.165, 1.54) is 12.0 Å². The lowest BCUT2D eigenvalue weighted by atomic mass is 10.0. The van der Waals surface area contributed by atoms with Gasteiger partial charge in [-0.25, -0.2) is 8.42 Å². The van der Waals surface area contributed by atoms with E-state index in [4.69, 9.17) is 4.74 Å². The summed E-state index contributed by atoms with van der Waals surface area (Å²) in [7, 11) is -2.68. The Hall–Kier alpha value is -3.65. The van der Waals surface area contributed by atoms with Crippen molar-refractivity contribution < 1.29 is 22.7 Å². The molecule has 2 heterocycles. The molecule has 3 aromatic rings. The van der Waals surface area contributed by atoms with Gasteiger partial charge in [-0.15, -0.1) is 0 Å². The molecule has 7 nitrogen and oxygen atoms in total. The number of hydrogen-bond donors (Lipinski definition) is 0. The molecule has 1 spiro atoms. The average molecular weight is 477 g/mol. The molecular weight excluding hydrogens is 452 g/mol. The Bertz CT molecular complexity index is 1430. The number of para-hydroxylation sites is 1. The van der Waals surface area contributed by atoms with Crippen molar-refractivity contribution in [3.8, 4) is 5.75 Å². The largest absolute Gasteiger partial charge is 0.497 e. The number of rotatable bonds is 4. The molecule has 8 heteroatoms. The summed E-state index contributed by atoms with van der Waals surface area (Å²) >= 11 is 0. The summed E-state index contributed by atoms with van der Waals surface area (Å²) in [4.78, 5) is 27.8. The fraction of sp³-hybridized carbons (Fsp3) is 0.231. The number of anilines is 2. The number of fused-ring (bicyclic) bond motifs is 2. The molecule has 1 fully saturated rings. The molecule has 174 valence electrons. The van der Waals surface area contributed by atoms with Crippen LogP contribution in [0, 0.1) is 13.8 Å². The van der Waals surface area contributed by atoms with Gasteiger partial charge in [-0.2, -0.15) is 0 Å². The predicted molar refractivity (Wildman–Crippen MR) is 129 cm³/mol. The van der Waals surface area contributed by atoms with Gasteiger partial charge in [0.2, 0.25) is 5.91 Å². The van der Waals surface area contributed by atoms with Crippen molar-refractivity contribution >= 4 is 33.0 Å². The van der Waals surface area contributed by atoms with Gasteiger partial charge < -0.3 is 9.64 Å². The van der Waals surface area contributed by atoms with Crippen molar-refractivity contribution in [2.24, 2.45) is 0 Å². The van der Waals surface area contributed by atoms with Gasteiger partial charge in [-0.05, 0) is 55.3 Å². The van der Waals surface area contributed by atoms with Gasteiger partial charge in [-0.3, -0.25) is 14.5 Å². The molecule has 0 radical (unpaired) electrons. The first-order valence-electron chi connectivity index (χ1n) is 10.9. The van der Waals surface area contributed by atoms with Gasteiger partial charge in [0.25, 0.3) is 10.8 Å². The maximum absolute atomic E-state index is 14.2. The van der Waals surface area contributed by atoms with Crippen molar-refractivity contribution in [2.75, 3.05) is 22.7 Å². The highest BCUT2D eigenvalue weighted by Crippen LogP contribution is 2.52. The van der Waals surface area contributed by atoms with E-state index in [-0.39, 0.29) is 6.54 Å². The second-order valence-corrected chi connectivity index (χ2v) is 10.8. The van der Waals surface area contributed by atoms with Crippen molar-refractivity contribution in [1.29, 1.82) is 0 Å². The predicted octanol–water partition coefficient (Wildman–Crippen LogP) is 3.47. The van der Waals surface area contributed by atoms with E-state index in [0.29, 0.717) is 22.7 Å². The van der Waals surface area contributed by atoms with Crippen LogP contribution in [0.5, 0.6) is 5.75 Å². The van der Waals surface area contributed by atoms with E-state index in [0.717, 1.165) is 21.6 Å².